The number of aryl methyl sites for hydroxylation is 1. The first-order valence-electron chi connectivity index (χ1n) is 8.01. The van der Waals surface area contributed by atoms with E-state index in [-0.39, 0.29) is 12.1 Å². The van der Waals surface area contributed by atoms with Crippen LogP contribution in [0.3, 0.4) is 0 Å². The van der Waals surface area contributed by atoms with E-state index >= 15 is 0 Å². The van der Waals surface area contributed by atoms with Crippen LogP contribution in [0.1, 0.15) is 18.2 Å². The Bertz CT molecular complexity index is 1070. The maximum atomic E-state index is 12.4. The molecular weight excluding hydrogens is 352 g/mol. The van der Waals surface area contributed by atoms with Crippen molar-refractivity contribution in [2.45, 2.75) is 20.4 Å². The van der Waals surface area contributed by atoms with E-state index in [2.05, 4.69) is 15.5 Å². The third-order valence-electron chi connectivity index (χ3n) is 3.93. The summed E-state index contributed by atoms with van der Waals surface area (Å²) < 4.78 is 1.40. The van der Waals surface area contributed by atoms with Gasteiger partial charge in [-0.05, 0) is 32.0 Å². The molecule has 0 aliphatic rings. The Balaban J connectivity index is 1.84. The maximum Gasteiger partial charge on any atom is 0.272 e. The quantitative estimate of drug-likeness (QED) is 0.568. The summed E-state index contributed by atoms with van der Waals surface area (Å²) in [5.74, 6) is -0.408. The number of para-hydroxylation sites is 2. The highest BCUT2D eigenvalue weighted by Crippen LogP contribution is 2.15. The topological polar surface area (TPSA) is 76.3 Å². The van der Waals surface area contributed by atoms with Crippen LogP contribution >= 0.6 is 11.6 Å². The molecule has 3 rings (SSSR count). The molecule has 0 spiro atoms. The van der Waals surface area contributed by atoms with Crippen molar-refractivity contribution in [1.29, 1.82) is 0 Å². The molecule has 1 N–H and O–H groups in total. The Hall–Kier alpha value is -2.99. The van der Waals surface area contributed by atoms with Gasteiger partial charge >= 0.3 is 0 Å². The fourth-order valence-corrected chi connectivity index (χ4v) is 2.89. The smallest absolute Gasteiger partial charge is 0.272 e. The number of hydrogen-bond acceptors (Lipinski definition) is 4. The van der Waals surface area contributed by atoms with Crippen LogP contribution < -0.4 is 11.0 Å². The van der Waals surface area contributed by atoms with Gasteiger partial charge in [-0.2, -0.15) is 5.10 Å². The fourth-order valence-electron chi connectivity index (χ4n) is 2.62. The zero-order valence-electron chi connectivity index (χ0n) is 14.4. The molecule has 132 valence electrons. The molecule has 1 heterocycles. The molecule has 2 aromatic carbocycles. The highest BCUT2D eigenvalue weighted by atomic mass is 35.5. The maximum absolute atomic E-state index is 12.4. The lowest BCUT2D eigenvalue weighted by molar-refractivity contribution is -0.121. The van der Waals surface area contributed by atoms with Gasteiger partial charge in [0.15, 0.2) is 0 Å². The number of hydrazone groups is 1. The monoisotopic (exact) mass is 368 g/mol. The number of carbonyl (C=O) groups excluding carboxylic acids is 1. The van der Waals surface area contributed by atoms with Gasteiger partial charge in [0.1, 0.15) is 12.2 Å². The molecule has 0 aliphatic heterocycles. The Labute approximate surface area is 155 Å². The fraction of sp³-hybridized carbons (Fsp3) is 0.158. The number of nitrogens with one attached hydrogen (secondary N) is 1. The van der Waals surface area contributed by atoms with E-state index in [9.17, 15) is 9.59 Å². The molecule has 0 bridgehead atoms. The standard InChI is InChI=1S/C19H17ClN4O2/c1-12(14-7-3-4-8-15(14)20)22-23-18(25)11-24-17-10-6-5-9-16(17)21-13(2)19(24)26/h3-10H,11H2,1-2H3,(H,23,25)/b22-12+. The van der Waals surface area contributed by atoms with Crippen LogP contribution in [0, 0.1) is 6.92 Å². The first kappa shape index (κ1) is 17.8. The average molecular weight is 369 g/mol. The second-order valence-corrected chi connectivity index (χ2v) is 6.20. The van der Waals surface area contributed by atoms with Gasteiger partial charge in [0.05, 0.1) is 16.7 Å². The van der Waals surface area contributed by atoms with Crippen molar-refractivity contribution in [3.8, 4) is 0 Å². The van der Waals surface area contributed by atoms with Crippen molar-refractivity contribution < 1.29 is 4.79 Å². The van der Waals surface area contributed by atoms with Gasteiger partial charge in [0.25, 0.3) is 11.5 Å². The molecule has 26 heavy (non-hydrogen) atoms. The van der Waals surface area contributed by atoms with Crippen LogP contribution in [0.5, 0.6) is 0 Å². The molecule has 1 amide bonds. The highest BCUT2D eigenvalue weighted by molar-refractivity contribution is 6.34. The minimum Gasteiger partial charge on any atom is -0.296 e. The summed E-state index contributed by atoms with van der Waals surface area (Å²) in [4.78, 5) is 29.0. The summed E-state index contributed by atoms with van der Waals surface area (Å²) in [6.45, 7) is 3.23. The minimum atomic E-state index is -0.408. The predicted octanol–water partition coefficient (Wildman–Crippen LogP) is 2.90. The zero-order chi connectivity index (χ0) is 18.7. The predicted molar refractivity (Wildman–Crippen MR) is 103 cm³/mol. The van der Waals surface area contributed by atoms with Crippen LogP contribution in [0.4, 0.5) is 0 Å². The van der Waals surface area contributed by atoms with Crippen LogP contribution in [-0.4, -0.2) is 21.2 Å². The number of halogens is 1. The number of hydrogen-bond donors (Lipinski definition) is 1. The molecule has 7 heteroatoms. The number of carbonyl (C=O) groups is 1. The van der Waals surface area contributed by atoms with Crippen LogP contribution in [0.15, 0.2) is 58.4 Å². The van der Waals surface area contributed by atoms with Gasteiger partial charge < -0.3 is 0 Å². The lowest BCUT2D eigenvalue weighted by Gasteiger charge is -2.10. The van der Waals surface area contributed by atoms with E-state index in [0.29, 0.717) is 27.5 Å². The van der Waals surface area contributed by atoms with Crippen LogP contribution in [0.25, 0.3) is 11.0 Å². The number of fused-ring (bicyclic) bond motifs is 1. The Morgan fingerprint density at radius 2 is 1.88 bits per heavy atom. The number of aromatic nitrogens is 2. The van der Waals surface area contributed by atoms with Crippen LogP contribution in [0.2, 0.25) is 5.02 Å². The highest BCUT2D eigenvalue weighted by Gasteiger charge is 2.11. The minimum absolute atomic E-state index is 0.151. The van der Waals surface area contributed by atoms with Gasteiger partial charge in [-0.15, -0.1) is 0 Å². The number of rotatable bonds is 4. The molecule has 0 unspecified atom stereocenters. The third kappa shape index (κ3) is 3.65. The third-order valence-corrected chi connectivity index (χ3v) is 4.26. The molecule has 6 nitrogen and oxygen atoms in total. The van der Waals surface area contributed by atoms with Crippen molar-refractivity contribution in [2.24, 2.45) is 5.10 Å². The number of amides is 1. The van der Waals surface area contributed by atoms with Crippen molar-refractivity contribution in [3.63, 3.8) is 0 Å². The SMILES string of the molecule is C/C(=N\NC(=O)Cn1c(=O)c(C)nc2ccccc21)c1ccccc1Cl. The van der Waals surface area contributed by atoms with E-state index in [1.54, 1.807) is 38.1 Å². The molecule has 0 atom stereocenters. The molecule has 3 aromatic rings. The molecule has 0 fully saturated rings. The first-order chi connectivity index (χ1) is 12.5. The first-order valence-corrected chi connectivity index (χ1v) is 8.39. The lowest BCUT2D eigenvalue weighted by atomic mass is 10.1. The summed E-state index contributed by atoms with van der Waals surface area (Å²) in [5, 5.41) is 4.64. The lowest BCUT2D eigenvalue weighted by Crippen LogP contribution is -2.32. The van der Waals surface area contributed by atoms with Gasteiger partial charge in [-0.25, -0.2) is 10.4 Å². The summed E-state index contributed by atoms with van der Waals surface area (Å²) in [7, 11) is 0. The van der Waals surface area contributed by atoms with Crippen molar-refractivity contribution in [3.05, 3.63) is 75.2 Å². The second-order valence-electron chi connectivity index (χ2n) is 5.79. The van der Waals surface area contributed by atoms with Crippen molar-refractivity contribution >= 4 is 34.3 Å². The Kier molecular flexibility index (Phi) is 5.14. The molecule has 0 saturated heterocycles. The van der Waals surface area contributed by atoms with Gasteiger partial charge in [-0.1, -0.05) is 41.9 Å². The largest absolute Gasteiger partial charge is 0.296 e. The summed E-state index contributed by atoms with van der Waals surface area (Å²) >= 11 is 6.12. The Morgan fingerprint density at radius 1 is 1.19 bits per heavy atom. The van der Waals surface area contributed by atoms with E-state index in [0.717, 1.165) is 5.56 Å². The molecule has 0 saturated carbocycles. The molecule has 0 radical (unpaired) electrons. The average Bonchev–Trinajstić information content (AvgIpc) is 2.64. The van der Waals surface area contributed by atoms with E-state index in [1.807, 2.05) is 24.3 Å². The van der Waals surface area contributed by atoms with Crippen LogP contribution in [-0.2, 0) is 11.3 Å². The van der Waals surface area contributed by atoms with Crippen molar-refractivity contribution in [2.75, 3.05) is 0 Å². The van der Waals surface area contributed by atoms with E-state index in [1.165, 1.54) is 4.57 Å². The van der Waals surface area contributed by atoms with Gasteiger partial charge in [0, 0.05) is 10.6 Å². The summed E-state index contributed by atoms with van der Waals surface area (Å²) in [6.07, 6.45) is 0. The van der Waals surface area contributed by atoms with Gasteiger partial charge in [-0.3, -0.25) is 14.2 Å². The second kappa shape index (κ2) is 7.49. The van der Waals surface area contributed by atoms with Crippen molar-refractivity contribution in [1.82, 2.24) is 15.0 Å². The van der Waals surface area contributed by atoms with E-state index < -0.39 is 5.91 Å². The van der Waals surface area contributed by atoms with E-state index in [4.69, 9.17) is 11.6 Å². The molecule has 1 aromatic heterocycles. The Morgan fingerprint density at radius 3 is 2.65 bits per heavy atom. The zero-order valence-corrected chi connectivity index (χ0v) is 15.1. The number of benzene rings is 2. The van der Waals surface area contributed by atoms with Gasteiger partial charge in [0.2, 0.25) is 0 Å². The summed E-state index contributed by atoms with van der Waals surface area (Å²) in [6, 6.07) is 14.4. The molecule has 0 aliphatic carbocycles. The molecular formula is C19H17ClN4O2. The normalized spacial score (nSPS) is 11.6. The summed E-state index contributed by atoms with van der Waals surface area (Å²) in [5.41, 5.74) is 5.09. The number of nitrogens with zero attached hydrogens (tertiary/aromatic N) is 3.